The van der Waals surface area contributed by atoms with Gasteiger partial charge in [-0.2, -0.15) is 5.26 Å². The lowest BCUT2D eigenvalue weighted by atomic mass is 10.1. The van der Waals surface area contributed by atoms with Crippen molar-refractivity contribution in [1.29, 1.82) is 5.26 Å². The topological polar surface area (TPSA) is 79.3 Å². The van der Waals surface area contributed by atoms with Crippen molar-refractivity contribution in [3.8, 4) is 6.07 Å². The summed E-state index contributed by atoms with van der Waals surface area (Å²) in [5.41, 5.74) is 8.66. The number of rotatable bonds is 3. The van der Waals surface area contributed by atoms with Crippen LogP contribution in [0.2, 0.25) is 0 Å². The number of nitrogens with zero attached hydrogens (tertiary/aromatic N) is 2. The number of hydrogen-bond donors (Lipinski definition) is 1. The molecule has 5 heteroatoms. The van der Waals surface area contributed by atoms with Crippen molar-refractivity contribution < 1.29 is 9.53 Å². The number of carbonyl (C=O) groups is 1. The molecule has 0 saturated heterocycles. The van der Waals surface area contributed by atoms with Crippen molar-refractivity contribution in [3.05, 3.63) is 53.6 Å². The molecule has 5 nitrogen and oxygen atoms in total. The molecule has 2 N–H and O–H groups in total. The summed E-state index contributed by atoms with van der Waals surface area (Å²) in [5.74, 6) is -0.478. The van der Waals surface area contributed by atoms with E-state index in [0.29, 0.717) is 16.8 Å². The SMILES string of the molecule is COC(=O)c1cc(N(C)c2cccc(C#N)c2)ccc1N. The molecule has 0 spiro atoms. The molecule has 0 aliphatic rings. The third kappa shape index (κ3) is 2.95. The lowest BCUT2D eigenvalue weighted by Gasteiger charge is -2.20. The Morgan fingerprint density at radius 2 is 1.95 bits per heavy atom. The molecule has 2 aromatic carbocycles. The molecule has 0 saturated carbocycles. The van der Waals surface area contributed by atoms with E-state index in [-0.39, 0.29) is 0 Å². The number of ether oxygens (including phenoxy) is 1. The van der Waals surface area contributed by atoms with E-state index in [1.54, 1.807) is 30.3 Å². The highest BCUT2D eigenvalue weighted by Gasteiger charge is 2.13. The third-order valence-corrected chi connectivity index (χ3v) is 3.19. The Morgan fingerprint density at radius 3 is 2.62 bits per heavy atom. The van der Waals surface area contributed by atoms with E-state index in [9.17, 15) is 4.79 Å². The van der Waals surface area contributed by atoms with E-state index >= 15 is 0 Å². The average molecular weight is 281 g/mol. The minimum absolute atomic E-state index is 0.318. The maximum Gasteiger partial charge on any atom is 0.340 e. The average Bonchev–Trinajstić information content (AvgIpc) is 2.54. The van der Waals surface area contributed by atoms with Gasteiger partial charge in [0.2, 0.25) is 0 Å². The fraction of sp³-hybridized carbons (Fsp3) is 0.125. The Kier molecular flexibility index (Phi) is 4.10. The first kappa shape index (κ1) is 14.4. The van der Waals surface area contributed by atoms with Crippen LogP contribution in [0.5, 0.6) is 0 Å². The summed E-state index contributed by atoms with van der Waals surface area (Å²) in [5, 5.41) is 8.95. The number of nitrogen functional groups attached to an aromatic ring is 1. The van der Waals surface area contributed by atoms with Gasteiger partial charge < -0.3 is 15.4 Å². The molecule has 106 valence electrons. The zero-order valence-electron chi connectivity index (χ0n) is 11.8. The first-order valence-electron chi connectivity index (χ1n) is 6.28. The number of anilines is 3. The molecular formula is C16H15N3O2. The number of esters is 1. The number of nitrogens with two attached hydrogens (primary N) is 1. The zero-order valence-corrected chi connectivity index (χ0v) is 11.8. The Balaban J connectivity index is 2.41. The Morgan fingerprint density at radius 1 is 1.24 bits per heavy atom. The largest absolute Gasteiger partial charge is 0.465 e. The molecule has 0 heterocycles. The van der Waals surface area contributed by atoms with Crippen LogP contribution in [0, 0.1) is 11.3 Å². The number of methoxy groups -OCH3 is 1. The maximum atomic E-state index is 11.7. The van der Waals surface area contributed by atoms with Gasteiger partial charge in [0.05, 0.1) is 24.3 Å². The van der Waals surface area contributed by atoms with Crippen molar-refractivity contribution >= 4 is 23.0 Å². The molecule has 0 aliphatic carbocycles. The van der Waals surface area contributed by atoms with Gasteiger partial charge in [0.25, 0.3) is 0 Å². The van der Waals surface area contributed by atoms with Crippen LogP contribution in [0.4, 0.5) is 17.1 Å². The highest BCUT2D eigenvalue weighted by Crippen LogP contribution is 2.27. The predicted octanol–water partition coefficient (Wildman–Crippen LogP) is 2.69. The number of nitriles is 1. The van der Waals surface area contributed by atoms with Crippen LogP contribution in [0.25, 0.3) is 0 Å². The smallest absolute Gasteiger partial charge is 0.340 e. The molecule has 0 fully saturated rings. The van der Waals surface area contributed by atoms with Crippen LogP contribution in [0.3, 0.4) is 0 Å². The molecule has 0 bridgehead atoms. The first-order valence-corrected chi connectivity index (χ1v) is 6.28. The monoisotopic (exact) mass is 281 g/mol. The highest BCUT2D eigenvalue weighted by atomic mass is 16.5. The van der Waals surface area contributed by atoms with Crippen molar-refractivity contribution in [2.45, 2.75) is 0 Å². The predicted molar refractivity (Wildman–Crippen MR) is 81.4 cm³/mol. The second-order valence-electron chi connectivity index (χ2n) is 4.48. The van der Waals surface area contributed by atoms with E-state index in [0.717, 1.165) is 11.4 Å². The Labute approximate surface area is 123 Å². The van der Waals surface area contributed by atoms with Gasteiger partial charge in [-0.05, 0) is 36.4 Å². The molecule has 0 radical (unpaired) electrons. The fourth-order valence-electron chi connectivity index (χ4n) is 1.97. The molecule has 0 aliphatic heterocycles. The standard InChI is InChI=1S/C16H15N3O2/c1-19(12-5-3-4-11(8-12)10-17)13-6-7-15(18)14(9-13)16(20)21-2/h3-9H,18H2,1-2H3. The van der Waals surface area contributed by atoms with Crippen molar-refractivity contribution in [2.75, 3.05) is 24.8 Å². The molecule has 2 aromatic rings. The van der Waals surface area contributed by atoms with Crippen molar-refractivity contribution in [2.24, 2.45) is 0 Å². The van der Waals surface area contributed by atoms with Crippen molar-refractivity contribution in [1.82, 2.24) is 0 Å². The van der Waals surface area contributed by atoms with Gasteiger partial charge in [0, 0.05) is 24.1 Å². The summed E-state index contributed by atoms with van der Waals surface area (Å²) in [6, 6.07) is 14.4. The molecule has 2 rings (SSSR count). The number of benzene rings is 2. The van der Waals surface area contributed by atoms with Gasteiger partial charge in [0.1, 0.15) is 0 Å². The highest BCUT2D eigenvalue weighted by molar-refractivity contribution is 5.96. The molecular weight excluding hydrogens is 266 g/mol. The quantitative estimate of drug-likeness (QED) is 0.691. The van der Waals surface area contributed by atoms with Crippen LogP contribution in [-0.2, 0) is 4.74 Å². The molecule has 0 amide bonds. The minimum atomic E-state index is -0.478. The van der Waals surface area contributed by atoms with E-state index in [1.165, 1.54) is 7.11 Å². The lowest BCUT2D eigenvalue weighted by Crippen LogP contribution is -2.12. The zero-order chi connectivity index (χ0) is 15.4. The lowest BCUT2D eigenvalue weighted by molar-refractivity contribution is 0.0602. The van der Waals surface area contributed by atoms with Crippen LogP contribution in [0.15, 0.2) is 42.5 Å². The molecule has 0 atom stereocenters. The summed E-state index contributed by atoms with van der Waals surface area (Å²) < 4.78 is 4.71. The van der Waals surface area contributed by atoms with Crippen LogP contribution in [-0.4, -0.2) is 20.1 Å². The second-order valence-corrected chi connectivity index (χ2v) is 4.48. The van der Waals surface area contributed by atoms with Gasteiger partial charge in [-0.25, -0.2) is 4.79 Å². The summed E-state index contributed by atoms with van der Waals surface area (Å²) in [6.45, 7) is 0. The summed E-state index contributed by atoms with van der Waals surface area (Å²) >= 11 is 0. The van der Waals surface area contributed by atoms with E-state index in [2.05, 4.69) is 6.07 Å². The van der Waals surface area contributed by atoms with Gasteiger partial charge >= 0.3 is 5.97 Å². The fourth-order valence-corrected chi connectivity index (χ4v) is 1.97. The first-order chi connectivity index (χ1) is 10.1. The van der Waals surface area contributed by atoms with Gasteiger partial charge in [-0.1, -0.05) is 6.07 Å². The van der Waals surface area contributed by atoms with Crippen molar-refractivity contribution in [3.63, 3.8) is 0 Å². The van der Waals surface area contributed by atoms with E-state index < -0.39 is 5.97 Å². The van der Waals surface area contributed by atoms with Gasteiger partial charge in [-0.3, -0.25) is 0 Å². The maximum absolute atomic E-state index is 11.7. The Bertz CT molecular complexity index is 720. The number of carbonyl (C=O) groups excluding carboxylic acids is 1. The van der Waals surface area contributed by atoms with Gasteiger partial charge in [0.15, 0.2) is 0 Å². The number of hydrogen-bond acceptors (Lipinski definition) is 5. The van der Waals surface area contributed by atoms with E-state index in [4.69, 9.17) is 15.7 Å². The van der Waals surface area contributed by atoms with Crippen LogP contribution >= 0.6 is 0 Å². The van der Waals surface area contributed by atoms with Crippen LogP contribution in [0.1, 0.15) is 15.9 Å². The summed E-state index contributed by atoms with van der Waals surface area (Å²) in [6.07, 6.45) is 0. The summed E-state index contributed by atoms with van der Waals surface area (Å²) in [7, 11) is 3.16. The third-order valence-electron chi connectivity index (χ3n) is 3.19. The second kappa shape index (κ2) is 5.97. The molecule has 0 unspecified atom stereocenters. The normalized spacial score (nSPS) is 9.76. The molecule has 21 heavy (non-hydrogen) atoms. The summed E-state index contributed by atoms with van der Waals surface area (Å²) in [4.78, 5) is 13.6. The molecule has 0 aromatic heterocycles. The van der Waals surface area contributed by atoms with Gasteiger partial charge in [-0.15, -0.1) is 0 Å². The van der Waals surface area contributed by atoms with E-state index in [1.807, 2.05) is 24.1 Å². The van der Waals surface area contributed by atoms with Crippen LogP contribution < -0.4 is 10.6 Å². The Hall–Kier alpha value is -3.00. The minimum Gasteiger partial charge on any atom is -0.465 e.